The summed E-state index contributed by atoms with van der Waals surface area (Å²) in [6.45, 7) is -1.44. The van der Waals surface area contributed by atoms with Crippen LogP contribution in [0, 0.1) is 0 Å². The number of aliphatic imine (C=N–C) groups is 1. The third-order valence-electron chi connectivity index (χ3n) is 4.15. The minimum Gasteiger partial charge on any atom is -0.435 e. The number of likely N-dealkylation sites (N-methyl/N-ethyl adjacent to an activating group) is 1. The van der Waals surface area contributed by atoms with Crippen LogP contribution in [0.1, 0.15) is 31.7 Å². The second kappa shape index (κ2) is 8.77. The molecule has 1 aliphatic rings. The average molecular weight is 381 g/mol. The van der Waals surface area contributed by atoms with E-state index in [0.29, 0.717) is 24.8 Å². The lowest BCUT2D eigenvalue weighted by Gasteiger charge is -2.21. The molecule has 1 aromatic rings. The summed E-state index contributed by atoms with van der Waals surface area (Å²) < 4.78 is 41.8. The Morgan fingerprint density at radius 1 is 1.33 bits per heavy atom. The van der Waals surface area contributed by atoms with Crippen molar-refractivity contribution in [2.45, 2.75) is 44.5 Å². The molecule has 5 nitrogen and oxygen atoms in total. The number of ether oxygens (including phenoxy) is 1. The number of amides is 1. The van der Waals surface area contributed by atoms with Gasteiger partial charge >= 0.3 is 6.61 Å². The monoisotopic (exact) mass is 381 g/mol. The number of rotatable bonds is 8. The molecule has 0 bridgehead atoms. The summed E-state index contributed by atoms with van der Waals surface area (Å²) in [4.78, 5) is 18.2. The molecule has 2 rings (SSSR count). The molecule has 0 saturated heterocycles. The first-order valence-electron chi connectivity index (χ1n) is 8.51. The molecule has 0 aromatic heterocycles. The maximum Gasteiger partial charge on any atom is 0.387 e. The topological polar surface area (TPSA) is 67.9 Å². The highest BCUT2D eigenvalue weighted by Gasteiger charge is 2.46. The van der Waals surface area contributed by atoms with E-state index in [0.717, 1.165) is 0 Å². The molecule has 0 spiro atoms. The Kier molecular flexibility index (Phi) is 6.69. The minimum absolute atomic E-state index is 0.0282. The fourth-order valence-corrected chi connectivity index (χ4v) is 2.68. The molecule has 27 heavy (non-hydrogen) atoms. The van der Waals surface area contributed by atoms with E-state index in [1.54, 1.807) is 6.08 Å². The number of hydrogen-bond acceptors (Lipinski definition) is 4. The van der Waals surface area contributed by atoms with Crippen molar-refractivity contribution < 1.29 is 22.7 Å². The largest absolute Gasteiger partial charge is 0.435 e. The van der Waals surface area contributed by atoms with Gasteiger partial charge in [0.25, 0.3) is 5.91 Å². The number of hydrogen-bond donors (Lipinski definition) is 1. The van der Waals surface area contributed by atoms with Gasteiger partial charge in [0, 0.05) is 7.05 Å². The van der Waals surface area contributed by atoms with Crippen molar-refractivity contribution in [1.82, 2.24) is 4.90 Å². The molecule has 0 aliphatic carbocycles. The van der Waals surface area contributed by atoms with Gasteiger partial charge in [-0.15, -0.1) is 5.73 Å². The summed E-state index contributed by atoms with van der Waals surface area (Å²) >= 11 is 0. The molecule has 2 atom stereocenters. The molecule has 0 fully saturated rings. The van der Waals surface area contributed by atoms with E-state index in [-0.39, 0.29) is 17.6 Å². The lowest BCUT2D eigenvalue weighted by Crippen LogP contribution is -2.39. The number of nitrogens with two attached hydrogens (primary N) is 1. The standard InChI is InChI=1S/C19H22F3N3O2/c1-13(20)7-5-3-4-6-12-19(16(26)25(2)18(23)24-19)14-8-10-15(11-9-14)27-17(21)22/h4,8-13,17H,3,5,7H2,1-2H3,(H2,23,24). The third-order valence-corrected chi connectivity index (χ3v) is 4.15. The van der Waals surface area contributed by atoms with Gasteiger partial charge in [0.1, 0.15) is 5.75 Å². The number of benzene rings is 1. The Morgan fingerprint density at radius 2 is 2.00 bits per heavy atom. The Balaban J connectivity index is 2.30. The summed E-state index contributed by atoms with van der Waals surface area (Å²) in [5, 5.41) is 0. The number of guanidine groups is 1. The Morgan fingerprint density at radius 3 is 2.52 bits per heavy atom. The van der Waals surface area contributed by atoms with Crippen LogP contribution in [0.3, 0.4) is 0 Å². The van der Waals surface area contributed by atoms with Crippen molar-refractivity contribution >= 4 is 11.9 Å². The highest BCUT2D eigenvalue weighted by molar-refractivity contribution is 6.08. The second-order valence-corrected chi connectivity index (χ2v) is 6.23. The number of halogens is 3. The maximum atomic E-state index is 12.8. The van der Waals surface area contributed by atoms with Crippen molar-refractivity contribution in [2.24, 2.45) is 10.7 Å². The van der Waals surface area contributed by atoms with Crippen LogP contribution in [0.5, 0.6) is 5.75 Å². The average Bonchev–Trinajstić information content (AvgIpc) is 2.82. The smallest absolute Gasteiger partial charge is 0.387 e. The van der Waals surface area contributed by atoms with E-state index in [2.05, 4.69) is 15.5 Å². The molecule has 1 amide bonds. The zero-order valence-electron chi connectivity index (χ0n) is 15.2. The predicted octanol–water partition coefficient (Wildman–Crippen LogP) is 3.51. The van der Waals surface area contributed by atoms with Gasteiger partial charge in [-0.2, -0.15) is 8.78 Å². The van der Waals surface area contributed by atoms with Gasteiger partial charge in [0.2, 0.25) is 0 Å². The van der Waals surface area contributed by atoms with E-state index >= 15 is 0 Å². The van der Waals surface area contributed by atoms with Gasteiger partial charge in [-0.1, -0.05) is 12.1 Å². The second-order valence-electron chi connectivity index (χ2n) is 6.23. The van der Waals surface area contributed by atoms with Crippen molar-refractivity contribution in [3.8, 4) is 5.75 Å². The normalized spacial score (nSPS) is 20.3. The van der Waals surface area contributed by atoms with Crippen molar-refractivity contribution in [3.63, 3.8) is 0 Å². The number of carbonyl (C=O) groups is 1. The third kappa shape index (κ3) is 4.92. The number of carbonyl (C=O) groups excluding carboxylic acids is 1. The number of unbranched alkanes of at least 4 members (excludes halogenated alkanes) is 1. The summed E-state index contributed by atoms with van der Waals surface area (Å²) in [7, 11) is 1.50. The molecule has 1 aliphatic heterocycles. The van der Waals surface area contributed by atoms with E-state index in [9.17, 15) is 18.0 Å². The lowest BCUT2D eigenvalue weighted by molar-refractivity contribution is -0.129. The van der Waals surface area contributed by atoms with Crippen LogP contribution < -0.4 is 10.5 Å². The zero-order valence-corrected chi connectivity index (χ0v) is 15.2. The fourth-order valence-electron chi connectivity index (χ4n) is 2.68. The van der Waals surface area contributed by atoms with Gasteiger partial charge in [-0.3, -0.25) is 9.69 Å². The van der Waals surface area contributed by atoms with Crippen LogP contribution in [0.4, 0.5) is 13.2 Å². The van der Waals surface area contributed by atoms with Crippen molar-refractivity contribution in [1.29, 1.82) is 0 Å². The molecule has 2 N–H and O–H groups in total. The molecule has 146 valence electrons. The van der Waals surface area contributed by atoms with E-state index in [1.807, 2.05) is 0 Å². The highest BCUT2D eigenvalue weighted by atomic mass is 19.3. The summed E-state index contributed by atoms with van der Waals surface area (Å²) in [6.07, 6.45) is 4.03. The first-order valence-corrected chi connectivity index (χ1v) is 8.51. The van der Waals surface area contributed by atoms with Gasteiger partial charge in [-0.05, 0) is 56.0 Å². The molecule has 8 heteroatoms. The van der Waals surface area contributed by atoms with Gasteiger partial charge < -0.3 is 10.5 Å². The first kappa shape index (κ1) is 20.6. The zero-order chi connectivity index (χ0) is 20.0. The number of nitrogens with zero attached hydrogens (tertiary/aromatic N) is 2. The Labute approximate surface area is 156 Å². The van der Waals surface area contributed by atoms with Crippen LogP contribution in [0.2, 0.25) is 0 Å². The van der Waals surface area contributed by atoms with E-state index < -0.39 is 18.3 Å². The molecule has 2 unspecified atom stereocenters. The lowest BCUT2D eigenvalue weighted by atomic mass is 9.89. The SMILES string of the molecule is CC(F)CCCC=C=CC1(c2ccc(OC(F)F)cc2)N=C(N)N(C)C1=O. The predicted molar refractivity (Wildman–Crippen MR) is 96.2 cm³/mol. The van der Waals surface area contributed by atoms with Crippen LogP contribution >= 0.6 is 0 Å². The van der Waals surface area contributed by atoms with Gasteiger partial charge in [0.15, 0.2) is 11.5 Å². The van der Waals surface area contributed by atoms with Gasteiger partial charge in [-0.25, -0.2) is 9.38 Å². The molecule has 1 heterocycles. The first-order chi connectivity index (χ1) is 12.8. The fraction of sp³-hybridized carbons (Fsp3) is 0.421. The summed E-state index contributed by atoms with van der Waals surface area (Å²) in [5.41, 5.74) is 7.74. The highest BCUT2D eigenvalue weighted by Crippen LogP contribution is 2.34. The van der Waals surface area contributed by atoms with Crippen LogP contribution in [-0.2, 0) is 10.3 Å². The Hall–Kier alpha value is -2.73. The molecule has 0 saturated carbocycles. The van der Waals surface area contributed by atoms with Crippen LogP contribution in [-0.4, -0.2) is 36.6 Å². The molecular weight excluding hydrogens is 359 g/mol. The molecule has 0 radical (unpaired) electrons. The van der Waals surface area contributed by atoms with Crippen molar-refractivity contribution in [3.05, 3.63) is 47.7 Å². The maximum absolute atomic E-state index is 12.8. The molecular formula is C19H22F3N3O2. The van der Waals surface area contributed by atoms with Crippen molar-refractivity contribution in [2.75, 3.05) is 7.05 Å². The minimum atomic E-state index is -2.94. The van der Waals surface area contributed by atoms with Crippen LogP contribution in [0.15, 0.2) is 47.1 Å². The van der Waals surface area contributed by atoms with Gasteiger partial charge in [0.05, 0.1) is 6.17 Å². The molecule has 1 aromatic carbocycles. The summed E-state index contributed by atoms with van der Waals surface area (Å²) in [6, 6.07) is 5.63. The quantitative estimate of drug-likeness (QED) is 0.553. The Bertz CT molecular complexity index is 756. The van der Waals surface area contributed by atoms with E-state index in [4.69, 9.17) is 5.73 Å². The summed E-state index contributed by atoms with van der Waals surface area (Å²) in [5.74, 6) is -0.377. The van der Waals surface area contributed by atoms with E-state index in [1.165, 1.54) is 49.2 Å². The number of alkyl halides is 3. The van der Waals surface area contributed by atoms with Crippen LogP contribution in [0.25, 0.3) is 0 Å².